The lowest BCUT2D eigenvalue weighted by Crippen LogP contribution is -2.48. The molecule has 0 aliphatic carbocycles. The monoisotopic (exact) mass is 467 g/mol. The highest BCUT2D eigenvalue weighted by Gasteiger charge is 2.33. The molecule has 172 valence electrons. The Labute approximate surface area is 185 Å². The fourth-order valence-electron chi connectivity index (χ4n) is 4.21. The Bertz CT molecular complexity index is 1130. The van der Waals surface area contributed by atoms with Crippen LogP contribution in [0.25, 0.3) is 0 Å². The molecule has 0 spiro atoms. The molecule has 2 saturated heterocycles. The lowest BCUT2D eigenvalue weighted by Gasteiger charge is -2.35. The normalized spacial score (nSPS) is 18.4. The van der Waals surface area contributed by atoms with E-state index in [1.165, 1.54) is 16.4 Å². The van der Waals surface area contributed by atoms with Gasteiger partial charge in [0.2, 0.25) is 15.9 Å². The fourth-order valence-corrected chi connectivity index (χ4v) is 5.72. The molecular formula is C22H24F3N3O3S. The summed E-state index contributed by atoms with van der Waals surface area (Å²) in [6, 6.07) is 9.83. The van der Waals surface area contributed by atoms with E-state index in [0.29, 0.717) is 37.3 Å². The zero-order valence-corrected chi connectivity index (χ0v) is 18.4. The molecule has 6 nitrogen and oxygen atoms in total. The number of amides is 1. The van der Waals surface area contributed by atoms with Crippen LogP contribution in [-0.2, 0) is 21.0 Å². The van der Waals surface area contributed by atoms with E-state index in [1.54, 1.807) is 34.9 Å². The quantitative estimate of drug-likeness (QED) is 0.689. The van der Waals surface area contributed by atoms with Crippen LogP contribution >= 0.6 is 0 Å². The molecule has 1 amide bonds. The lowest BCUT2D eigenvalue weighted by molar-refractivity contribution is -0.137. The van der Waals surface area contributed by atoms with Crippen molar-refractivity contribution in [2.45, 2.75) is 30.8 Å². The lowest BCUT2D eigenvalue weighted by atomic mass is 10.1. The Hall–Kier alpha value is -2.59. The predicted octanol–water partition coefficient (Wildman–Crippen LogP) is 3.65. The molecule has 32 heavy (non-hydrogen) atoms. The van der Waals surface area contributed by atoms with E-state index in [0.717, 1.165) is 24.2 Å². The van der Waals surface area contributed by atoms with Crippen molar-refractivity contribution in [3.8, 4) is 0 Å². The molecule has 2 aromatic rings. The molecule has 0 aromatic heterocycles. The third kappa shape index (κ3) is 4.33. The van der Waals surface area contributed by atoms with E-state index in [1.807, 2.05) is 0 Å². The number of hydrogen-bond donors (Lipinski definition) is 0. The minimum atomic E-state index is -4.43. The zero-order chi connectivity index (χ0) is 23.1. The summed E-state index contributed by atoms with van der Waals surface area (Å²) >= 11 is 0. The van der Waals surface area contributed by atoms with Gasteiger partial charge in [0, 0.05) is 50.5 Å². The maximum absolute atomic E-state index is 13.1. The molecule has 2 aliphatic rings. The Morgan fingerprint density at radius 3 is 2.25 bits per heavy atom. The molecule has 10 heteroatoms. The number of anilines is 2. The van der Waals surface area contributed by atoms with Gasteiger partial charge < -0.3 is 9.80 Å². The molecule has 0 unspecified atom stereocenters. The van der Waals surface area contributed by atoms with Crippen LogP contribution in [0.5, 0.6) is 0 Å². The molecule has 2 fully saturated rings. The van der Waals surface area contributed by atoms with Crippen molar-refractivity contribution >= 4 is 27.3 Å². The van der Waals surface area contributed by atoms with E-state index >= 15 is 0 Å². The average Bonchev–Trinajstić information content (AvgIpc) is 3.19. The van der Waals surface area contributed by atoms with Gasteiger partial charge in [-0.15, -0.1) is 0 Å². The summed E-state index contributed by atoms with van der Waals surface area (Å²) in [6.07, 6.45) is -3.14. The van der Waals surface area contributed by atoms with E-state index in [-0.39, 0.29) is 23.9 Å². The Kier molecular flexibility index (Phi) is 5.93. The molecule has 0 radical (unpaired) electrons. The second-order valence-corrected chi connectivity index (χ2v) is 9.97. The number of piperazine rings is 1. The number of sulfonamides is 1. The van der Waals surface area contributed by atoms with Crippen molar-refractivity contribution in [1.29, 1.82) is 0 Å². The second kappa shape index (κ2) is 8.40. The van der Waals surface area contributed by atoms with E-state index in [4.69, 9.17) is 0 Å². The SMILES string of the molecule is Cc1cc(S(=O)(=O)N2CCN(c3cccc(C(F)(F)F)c3)CC2)ccc1N1CCCC1=O. The third-order valence-corrected chi connectivity index (χ3v) is 7.84. The largest absolute Gasteiger partial charge is 0.416 e. The summed E-state index contributed by atoms with van der Waals surface area (Å²) in [5.41, 5.74) is 1.13. The van der Waals surface area contributed by atoms with Crippen molar-refractivity contribution in [2.75, 3.05) is 42.5 Å². The molecular weight excluding hydrogens is 443 g/mol. The van der Waals surface area contributed by atoms with Gasteiger partial charge in [0.25, 0.3) is 0 Å². The average molecular weight is 468 g/mol. The number of nitrogens with zero attached hydrogens (tertiary/aromatic N) is 3. The number of aryl methyl sites for hydroxylation is 1. The number of halogens is 3. The van der Waals surface area contributed by atoms with Gasteiger partial charge in [-0.05, 0) is 55.3 Å². The van der Waals surface area contributed by atoms with E-state index in [9.17, 15) is 26.4 Å². The van der Waals surface area contributed by atoms with Crippen LogP contribution in [0.3, 0.4) is 0 Å². The number of benzene rings is 2. The highest BCUT2D eigenvalue weighted by molar-refractivity contribution is 7.89. The number of hydrogen-bond acceptors (Lipinski definition) is 4. The smallest absolute Gasteiger partial charge is 0.369 e. The summed E-state index contributed by atoms with van der Waals surface area (Å²) in [6.45, 7) is 3.34. The maximum Gasteiger partial charge on any atom is 0.416 e. The van der Waals surface area contributed by atoms with Crippen LogP contribution in [-0.4, -0.2) is 51.4 Å². The molecule has 0 saturated carbocycles. The van der Waals surface area contributed by atoms with Crippen LogP contribution in [0.15, 0.2) is 47.4 Å². The molecule has 4 rings (SSSR count). The summed E-state index contributed by atoms with van der Waals surface area (Å²) < 4.78 is 66.6. The maximum atomic E-state index is 13.1. The van der Waals surface area contributed by atoms with Gasteiger partial charge >= 0.3 is 6.18 Å². The minimum Gasteiger partial charge on any atom is -0.369 e. The molecule has 2 aromatic carbocycles. The third-order valence-electron chi connectivity index (χ3n) is 5.95. The highest BCUT2D eigenvalue weighted by atomic mass is 32.2. The number of alkyl halides is 3. The van der Waals surface area contributed by atoms with Gasteiger partial charge in [-0.1, -0.05) is 6.07 Å². The van der Waals surface area contributed by atoms with Gasteiger partial charge in [-0.3, -0.25) is 4.79 Å². The Morgan fingerprint density at radius 2 is 1.66 bits per heavy atom. The molecule has 0 bridgehead atoms. The summed E-state index contributed by atoms with van der Waals surface area (Å²) in [5, 5.41) is 0. The first-order valence-corrected chi connectivity index (χ1v) is 11.8. The standard InChI is InChI=1S/C22H24F3N3O3S/c1-16-14-19(7-8-20(16)28-9-3-6-21(28)29)32(30,31)27-12-10-26(11-13-27)18-5-2-4-17(15-18)22(23,24)25/h2,4-5,7-8,14-15H,3,6,9-13H2,1H3. The molecule has 0 atom stereocenters. The molecule has 2 heterocycles. The fraction of sp³-hybridized carbons (Fsp3) is 0.409. The van der Waals surface area contributed by atoms with Gasteiger partial charge in [-0.2, -0.15) is 17.5 Å². The number of carbonyl (C=O) groups is 1. The van der Waals surface area contributed by atoms with Crippen molar-refractivity contribution in [1.82, 2.24) is 4.31 Å². The first-order valence-electron chi connectivity index (χ1n) is 10.4. The zero-order valence-electron chi connectivity index (χ0n) is 17.6. The van der Waals surface area contributed by atoms with Crippen molar-refractivity contribution in [3.05, 3.63) is 53.6 Å². The Morgan fingerprint density at radius 1 is 0.938 bits per heavy atom. The topological polar surface area (TPSA) is 60.9 Å². The van der Waals surface area contributed by atoms with Crippen molar-refractivity contribution in [2.24, 2.45) is 0 Å². The van der Waals surface area contributed by atoms with Crippen LogP contribution in [0.4, 0.5) is 24.5 Å². The highest BCUT2D eigenvalue weighted by Crippen LogP contribution is 2.32. The molecule has 2 aliphatic heterocycles. The van der Waals surface area contributed by atoms with Crippen LogP contribution in [0.2, 0.25) is 0 Å². The number of carbonyl (C=O) groups excluding carboxylic acids is 1. The van der Waals surface area contributed by atoms with Gasteiger partial charge in [-0.25, -0.2) is 8.42 Å². The van der Waals surface area contributed by atoms with E-state index < -0.39 is 21.8 Å². The second-order valence-electron chi connectivity index (χ2n) is 8.04. The predicted molar refractivity (Wildman–Crippen MR) is 115 cm³/mol. The van der Waals surface area contributed by atoms with Crippen molar-refractivity contribution in [3.63, 3.8) is 0 Å². The van der Waals surface area contributed by atoms with Crippen LogP contribution in [0.1, 0.15) is 24.0 Å². The van der Waals surface area contributed by atoms with Gasteiger partial charge in [0.1, 0.15) is 0 Å². The first-order chi connectivity index (χ1) is 15.1. The summed E-state index contributed by atoms with van der Waals surface area (Å²) in [7, 11) is -3.75. The van der Waals surface area contributed by atoms with Crippen LogP contribution in [0, 0.1) is 6.92 Å². The molecule has 0 N–H and O–H groups in total. The van der Waals surface area contributed by atoms with Gasteiger partial charge in [0.05, 0.1) is 10.5 Å². The minimum absolute atomic E-state index is 0.0365. The summed E-state index contributed by atoms with van der Waals surface area (Å²) in [4.78, 5) is 15.6. The summed E-state index contributed by atoms with van der Waals surface area (Å²) in [5.74, 6) is 0.0365. The van der Waals surface area contributed by atoms with Crippen molar-refractivity contribution < 1.29 is 26.4 Å². The van der Waals surface area contributed by atoms with E-state index in [2.05, 4.69) is 0 Å². The number of rotatable bonds is 4. The first kappa shape index (κ1) is 22.6. The van der Waals surface area contributed by atoms with Crippen LogP contribution < -0.4 is 9.80 Å². The van der Waals surface area contributed by atoms with Gasteiger partial charge in [0.15, 0.2) is 0 Å². The Balaban J connectivity index is 1.47.